The summed E-state index contributed by atoms with van der Waals surface area (Å²) in [6.45, 7) is 2.01. The van der Waals surface area contributed by atoms with E-state index >= 15 is 0 Å². The van der Waals surface area contributed by atoms with E-state index in [1.807, 2.05) is 6.07 Å². The normalized spacial score (nSPS) is 11.3. The highest BCUT2D eigenvalue weighted by atomic mass is 16.5. The number of benzene rings is 2. The minimum Gasteiger partial charge on any atom is -0.449 e. The maximum Gasteiger partial charge on any atom is 0.338 e. The zero-order valence-electron chi connectivity index (χ0n) is 15.1. The van der Waals surface area contributed by atoms with Crippen LogP contribution < -0.4 is 5.32 Å². The second-order valence-corrected chi connectivity index (χ2v) is 5.98. The lowest BCUT2D eigenvalue weighted by atomic mass is 10.1. The highest BCUT2D eigenvalue weighted by Gasteiger charge is 2.20. The maximum absolute atomic E-state index is 12.3. The van der Waals surface area contributed by atoms with E-state index in [0.717, 1.165) is 5.56 Å². The number of carbonyl (C=O) groups is 2. The molecule has 3 rings (SSSR count). The molecule has 0 radical (unpaired) electrons. The summed E-state index contributed by atoms with van der Waals surface area (Å²) < 4.78 is 6.89. The van der Waals surface area contributed by atoms with Crippen LogP contribution in [0.15, 0.2) is 61.2 Å². The number of aromatic nitrogens is 3. The highest BCUT2D eigenvalue weighted by Crippen LogP contribution is 2.15. The quantitative estimate of drug-likeness (QED) is 0.663. The number of anilines is 1. The summed E-state index contributed by atoms with van der Waals surface area (Å²) in [5.41, 5.74) is 1.98. The van der Waals surface area contributed by atoms with Crippen molar-refractivity contribution < 1.29 is 14.3 Å². The zero-order valence-corrected chi connectivity index (χ0v) is 15.1. The van der Waals surface area contributed by atoms with Crippen LogP contribution in [0.25, 0.3) is 0 Å². The molecule has 0 spiro atoms. The summed E-state index contributed by atoms with van der Waals surface area (Å²) in [5.74, 6) is -1.12. The fourth-order valence-electron chi connectivity index (χ4n) is 2.45. The highest BCUT2D eigenvalue weighted by molar-refractivity contribution is 5.98. The molecule has 2 aromatic carbocycles. The number of hydrogen-bond donors (Lipinski definition) is 1. The maximum atomic E-state index is 12.3. The molecule has 1 aromatic heterocycles. The monoisotopic (exact) mass is 375 g/mol. The van der Waals surface area contributed by atoms with E-state index in [0.29, 0.717) is 23.4 Å². The lowest BCUT2D eigenvalue weighted by Gasteiger charge is -2.14. The average molecular weight is 375 g/mol. The Bertz CT molecular complexity index is 1010. The summed E-state index contributed by atoms with van der Waals surface area (Å²) in [6.07, 6.45) is 2.04. The van der Waals surface area contributed by atoms with E-state index in [1.165, 1.54) is 13.3 Å². The summed E-state index contributed by atoms with van der Waals surface area (Å²) >= 11 is 0. The van der Waals surface area contributed by atoms with Crippen LogP contribution in [0.2, 0.25) is 0 Å². The van der Waals surface area contributed by atoms with Crippen LogP contribution in [0.4, 0.5) is 5.69 Å². The molecule has 0 saturated heterocycles. The molecule has 1 N–H and O–H groups in total. The van der Waals surface area contributed by atoms with Gasteiger partial charge in [0.15, 0.2) is 6.10 Å². The average Bonchev–Trinajstić information content (AvgIpc) is 3.22. The molecule has 0 aliphatic rings. The molecule has 3 aromatic rings. The topological polar surface area (TPSA) is 110 Å². The number of nitriles is 1. The standard InChI is InChI=1S/C20H17N5O3/c1-14(19(26)24-18-5-3-2-4-17(18)10-21)28-20(27)16-8-6-15(7-9-16)11-25-13-22-12-23-25/h2-9,12-14H,11H2,1H3,(H,24,26). The van der Waals surface area contributed by atoms with Crippen molar-refractivity contribution in [3.63, 3.8) is 0 Å². The number of esters is 1. The fourth-order valence-corrected chi connectivity index (χ4v) is 2.45. The SMILES string of the molecule is CC(OC(=O)c1ccc(Cn2cncn2)cc1)C(=O)Nc1ccccc1C#N. The molecule has 1 amide bonds. The number of amides is 1. The van der Waals surface area contributed by atoms with E-state index in [-0.39, 0.29) is 0 Å². The Labute approximate surface area is 161 Å². The Morgan fingerprint density at radius 2 is 1.96 bits per heavy atom. The van der Waals surface area contributed by atoms with Crippen molar-refractivity contribution in [2.45, 2.75) is 19.6 Å². The molecular weight excluding hydrogens is 358 g/mol. The number of ether oxygens (including phenoxy) is 1. The zero-order chi connectivity index (χ0) is 19.9. The largest absolute Gasteiger partial charge is 0.449 e. The van der Waals surface area contributed by atoms with Crippen molar-refractivity contribution in [3.8, 4) is 6.07 Å². The lowest BCUT2D eigenvalue weighted by molar-refractivity contribution is -0.123. The first-order chi connectivity index (χ1) is 13.6. The minimum absolute atomic E-state index is 0.331. The van der Waals surface area contributed by atoms with Crippen LogP contribution in [-0.4, -0.2) is 32.7 Å². The second-order valence-electron chi connectivity index (χ2n) is 5.98. The van der Waals surface area contributed by atoms with Crippen LogP contribution in [0.3, 0.4) is 0 Å². The predicted molar refractivity (Wildman–Crippen MR) is 100 cm³/mol. The molecule has 0 saturated carbocycles. The van der Waals surface area contributed by atoms with Crippen LogP contribution in [0, 0.1) is 11.3 Å². The predicted octanol–water partition coefficient (Wildman–Crippen LogP) is 2.38. The second kappa shape index (κ2) is 8.60. The smallest absolute Gasteiger partial charge is 0.338 e. The van der Waals surface area contributed by atoms with E-state index in [2.05, 4.69) is 15.4 Å². The van der Waals surface area contributed by atoms with Gasteiger partial charge in [-0.3, -0.25) is 4.79 Å². The van der Waals surface area contributed by atoms with Crippen molar-refractivity contribution in [1.82, 2.24) is 14.8 Å². The Morgan fingerprint density at radius 3 is 2.64 bits per heavy atom. The third-order valence-electron chi connectivity index (χ3n) is 3.96. The molecule has 0 aliphatic heterocycles. The third-order valence-corrected chi connectivity index (χ3v) is 3.96. The summed E-state index contributed by atoms with van der Waals surface area (Å²) in [5, 5.41) is 15.7. The number of nitrogens with one attached hydrogen (secondary N) is 1. The van der Waals surface area contributed by atoms with E-state index in [9.17, 15) is 9.59 Å². The number of carbonyl (C=O) groups excluding carboxylic acids is 2. The molecule has 1 heterocycles. The van der Waals surface area contributed by atoms with Gasteiger partial charge in [0.2, 0.25) is 0 Å². The number of nitrogens with zero attached hydrogens (tertiary/aromatic N) is 4. The van der Waals surface area contributed by atoms with Gasteiger partial charge in [0, 0.05) is 0 Å². The summed E-state index contributed by atoms with van der Waals surface area (Å²) in [4.78, 5) is 28.4. The van der Waals surface area contributed by atoms with Crippen molar-refractivity contribution in [3.05, 3.63) is 77.9 Å². The molecule has 8 nitrogen and oxygen atoms in total. The van der Waals surface area contributed by atoms with Crippen molar-refractivity contribution >= 4 is 17.6 Å². The Kier molecular flexibility index (Phi) is 5.77. The van der Waals surface area contributed by atoms with Gasteiger partial charge in [-0.2, -0.15) is 10.4 Å². The first-order valence-electron chi connectivity index (χ1n) is 8.49. The van der Waals surface area contributed by atoms with Gasteiger partial charge in [0.25, 0.3) is 5.91 Å². The molecule has 0 bridgehead atoms. The van der Waals surface area contributed by atoms with Crippen molar-refractivity contribution in [2.24, 2.45) is 0 Å². The van der Waals surface area contributed by atoms with Crippen LogP contribution >= 0.6 is 0 Å². The van der Waals surface area contributed by atoms with Gasteiger partial charge in [-0.25, -0.2) is 14.5 Å². The van der Waals surface area contributed by atoms with Crippen molar-refractivity contribution in [2.75, 3.05) is 5.32 Å². The van der Waals surface area contributed by atoms with Crippen LogP contribution in [0.5, 0.6) is 0 Å². The van der Waals surface area contributed by atoms with Crippen molar-refractivity contribution in [1.29, 1.82) is 5.26 Å². The number of rotatable bonds is 6. The third kappa shape index (κ3) is 4.59. The first kappa shape index (κ1) is 18.8. The molecule has 140 valence electrons. The van der Waals surface area contributed by atoms with Gasteiger partial charge in [-0.1, -0.05) is 24.3 Å². The molecule has 1 atom stereocenters. The molecule has 28 heavy (non-hydrogen) atoms. The molecular formula is C20H17N5O3. The lowest BCUT2D eigenvalue weighted by Crippen LogP contribution is -2.30. The Morgan fingerprint density at radius 1 is 1.21 bits per heavy atom. The first-order valence-corrected chi connectivity index (χ1v) is 8.49. The van der Waals surface area contributed by atoms with Gasteiger partial charge in [0.05, 0.1) is 23.4 Å². The van der Waals surface area contributed by atoms with Gasteiger partial charge >= 0.3 is 5.97 Å². The molecule has 0 fully saturated rings. The minimum atomic E-state index is -1.02. The van der Waals surface area contributed by atoms with E-state index < -0.39 is 18.0 Å². The summed E-state index contributed by atoms with van der Waals surface area (Å²) in [6, 6.07) is 15.4. The molecule has 1 unspecified atom stereocenters. The van der Waals surface area contributed by atoms with E-state index in [1.54, 1.807) is 59.5 Å². The number of hydrogen-bond acceptors (Lipinski definition) is 6. The Balaban J connectivity index is 1.59. The van der Waals surface area contributed by atoms with E-state index in [4.69, 9.17) is 10.00 Å². The van der Waals surface area contributed by atoms with Gasteiger partial charge in [-0.05, 0) is 36.8 Å². The summed E-state index contributed by atoms with van der Waals surface area (Å²) in [7, 11) is 0. The molecule has 0 aliphatic carbocycles. The van der Waals surface area contributed by atoms with Crippen LogP contribution in [0.1, 0.15) is 28.4 Å². The van der Waals surface area contributed by atoms with Gasteiger partial charge in [0.1, 0.15) is 18.7 Å². The van der Waals surface area contributed by atoms with Gasteiger partial charge < -0.3 is 10.1 Å². The fraction of sp³-hybridized carbons (Fsp3) is 0.150. The van der Waals surface area contributed by atoms with Gasteiger partial charge in [-0.15, -0.1) is 0 Å². The Hall–Kier alpha value is -3.99. The van der Waals surface area contributed by atoms with Crippen LogP contribution in [-0.2, 0) is 16.1 Å². The number of para-hydroxylation sites is 1. The molecule has 8 heteroatoms.